The van der Waals surface area contributed by atoms with Crippen molar-refractivity contribution in [2.75, 3.05) is 0 Å². The molecule has 2 heteroatoms. The highest BCUT2D eigenvalue weighted by molar-refractivity contribution is 6.17. The largest absolute Gasteiger partial charge is 0.281 e. The molecule has 3 aliphatic rings. The standard InChI is InChI=1S/C25H24N2.3C2H6/c1-15-5-8-19-20-10-7-17(14-22(20)25(3,4)21(19)13-15)18-9-6-16(2)23-24(18)27-12-11-26-23;3*1-2/h5-14,23-24H,1-4H3;3*1-2H3. The van der Waals surface area contributed by atoms with Crippen molar-refractivity contribution in [1.29, 1.82) is 0 Å². The predicted octanol–water partition coefficient (Wildman–Crippen LogP) is 8.62. The lowest BCUT2D eigenvalue weighted by Gasteiger charge is -2.30. The van der Waals surface area contributed by atoms with Gasteiger partial charge in [0.05, 0.1) is 6.04 Å². The second-order valence-electron chi connectivity index (χ2n) is 8.45. The van der Waals surface area contributed by atoms with Crippen molar-refractivity contribution in [3.63, 3.8) is 0 Å². The summed E-state index contributed by atoms with van der Waals surface area (Å²) in [6.45, 7) is 21.0. The van der Waals surface area contributed by atoms with Crippen LogP contribution in [0.1, 0.15) is 84.6 Å². The molecule has 0 saturated carbocycles. The molecule has 2 aliphatic carbocycles. The molecule has 0 N–H and O–H groups in total. The van der Waals surface area contributed by atoms with Crippen LogP contribution in [-0.2, 0) is 5.41 Å². The molecule has 2 aromatic carbocycles. The van der Waals surface area contributed by atoms with Crippen molar-refractivity contribution in [2.45, 2.75) is 86.7 Å². The van der Waals surface area contributed by atoms with E-state index in [1.165, 1.54) is 44.5 Å². The average Bonchev–Trinajstić information content (AvgIpc) is 3.09. The molecule has 2 nitrogen and oxygen atoms in total. The SMILES string of the molecule is CC.CC.CC.CC1=CC=C(c2ccc3c(c2)C(C)(C)c2cc(C)ccc2-3)C2N=CC=NC12. The first kappa shape index (κ1) is 26.5. The molecular formula is C31H42N2. The van der Waals surface area contributed by atoms with Crippen LogP contribution in [0, 0.1) is 6.92 Å². The minimum Gasteiger partial charge on any atom is -0.281 e. The molecule has 5 rings (SSSR count). The molecule has 0 spiro atoms. The molecular weight excluding hydrogens is 400 g/mol. The highest BCUT2D eigenvalue weighted by Crippen LogP contribution is 2.50. The molecule has 0 bridgehead atoms. The van der Waals surface area contributed by atoms with E-state index in [-0.39, 0.29) is 17.5 Å². The minimum absolute atomic E-state index is 0.0149. The minimum atomic E-state index is 0.0149. The van der Waals surface area contributed by atoms with Gasteiger partial charge in [-0.1, -0.05) is 103 Å². The second-order valence-corrected chi connectivity index (χ2v) is 8.45. The number of allylic oxidation sites excluding steroid dienone is 2. The Morgan fingerprint density at radius 3 is 1.85 bits per heavy atom. The summed E-state index contributed by atoms with van der Waals surface area (Å²) in [6, 6.07) is 14.0. The van der Waals surface area contributed by atoms with E-state index in [4.69, 9.17) is 4.99 Å². The average molecular weight is 443 g/mol. The molecule has 176 valence electrons. The lowest BCUT2D eigenvalue weighted by atomic mass is 9.79. The third-order valence-electron chi connectivity index (χ3n) is 6.33. The van der Waals surface area contributed by atoms with E-state index in [2.05, 4.69) is 81.2 Å². The van der Waals surface area contributed by atoms with Crippen LogP contribution in [0.3, 0.4) is 0 Å². The van der Waals surface area contributed by atoms with Crippen molar-refractivity contribution >= 4 is 18.0 Å². The molecule has 1 heterocycles. The number of fused-ring (bicyclic) bond motifs is 4. The van der Waals surface area contributed by atoms with E-state index in [9.17, 15) is 0 Å². The quantitative estimate of drug-likeness (QED) is 0.422. The van der Waals surface area contributed by atoms with E-state index in [0.717, 1.165) is 0 Å². The van der Waals surface area contributed by atoms with Gasteiger partial charge >= 0.3 is 0 Å². The van der Waals surface area contributed by atoms with Crippen molar-refractivity contribution in [3.8, 4) is 11.1 Å². The first-order valence-electron chi connectivity index (χ1n) is 12.7. The summed E-state index contributed by atoms with van der Waals surface area (Å²) >= 11 is 0. The normalized spacial score (nSPS) is 20.2. The molecule has 0 radical (unpaired) electrons. The van der Waals surface area contributed by atoms with E-state index in [1.54, 1.807) is 0 Å². The number of rotatable bonds is 1. The Balaban J connectivity index is 0.000000597. The van der Waals surface area contributed by atoms with Crippen LogP contribution in [0.15, 0.2) is 64.1 Å². The summed E-state index contributed by atoms with van der Waals surface area (Å²) in [4.78, 5) is 9.43. The summed E-state index contributed by atoms with van der Waals surface area (Å²) in [5.41, 5.74) is 10.7. The van der Waals surface area contributed by atoms with E-state index in [0.29, 0.717) is 0 Å². The number of nitrogens with zero attached hydrogens (tertiary/aromatic N) is 2. The molecule has 2 unspecified atom stereocenters. The van der Waals surface area contributed by atoms with Gasteiger partial charge in [-0.3, -0.25) is 9.98 Å². The van der Waals surface area contributed by atoms with Crippen LogP contribution in [0.4, 0.5) is 0 Å². The smallest absolute Gasteiger partial charge is 0.102 e. The second kappa shape index (κ2) is 11.4. The van der Waals surface area contributed by atoms with Gasteiger partial charge in [0, 0.05) is 17.8 Å². The molecule has 33 heavy (non-hydrogen) atoms. The zero-order valence-corrected chi connectivity index (χ0v) is 22.3. The summed E-state index contributed by atoms with van der Waals surface area (Å²) in [6.07, 6.45) is 8.09. The fourth-order valence-electron chi connectivity index (χ4n) is 4.76. The lowest BCUT2D eigenvalue weighted by Crippen LogP contribution is -2.30. The Hall–Kier alpha value is -2.74. The highest BCUT2D eigenvalue weighted by atomic mass is 14.9. The van der Waals surface area contributed by atoms with Gasteiger partial charge in [0.2, 0.25) is 0 Å². The number of aryl methyl sites for hydroxylation is 1. The van der Waals surface area contributed by atoms with E-state index < -0.39 is 0 Å². The van der Waals surface area contributed by atoms with E-state index in [1.807, 2.05) is 54.0 Å². The van der Waals surface area contributed by atoms with Gasteiger partial charge in [-0.25, -0.2) is 0 Å². The summed E-state index contributed by atoms with van der Waals surface area (Å²) in [7, 11) is 0. The van der Waals surface area contributed by atoms with Gasteiger partial charge in [-0.15, -0.1) is 0 Å². The van der Waals surface area contributed by atoms with Gasteiger partial charge in [0.15, 0.2) is 0 Å². The third-order valence-corrected chi connectivity index (χ3v) is 6.33. The van der Waals surface area contributed by atoms with Gasteiger partial charge in [0.25, 0.3) is 0 Å². The molecule has 0 amide bonds. The Bertz CT molecular complexity index is 1080. The van der Waals surface area contributed by atoms with Crippen LogP contribution in [0.25, 0.3) is 16.7 Å². The first-order valence-corrected chi connectivity index (χ1v) is 12.7. The summed E-state index contributed by atoms with van der Waals surface area (Å²) < 4.78 is 0. The topological polar surface area (TPSA) is 24.7 Å². The predicted molar refractivity (Wildman–Crippen MR) is 149 cm³/mol. The lowest BCUT2D eigenvalue weighted by molar-refractivity contribution is 0.658. The fraction of sp³-hybridized carbons (Fsp3) is 0.419. The van der Waals surface area contributed by atoms with Crippen LogP contribution >= 0.6 is 0 Å². The zero-order chi connectivity index (χ0) is 24.8. The van der Waals surface area contributed by atoms with Crippen molar-refractivity contribution in [2.24, 2.45) is 9.98 Å². The van der Waals surface area contributed by atoms with Crippen molar-refractivity contribution in [3.05, 3.63) is 76.4 Å². The van der Waals surface area contributed by atoms with Gasteiger partial charge in [-0.05, 0) is 58.9 Å². The monoisotopic (exact) mass is 442 g/mol. The Morgan fingerprint density at radius 2 is 1.21 bits per heavy atom. The van der Waals surface area contributed by atoms with Crippen LogP contribution in [-0.4, -0.2) is 24.5 Å². The zero-order valence-electron chi connectivity index (χ0n) is 22.3. The van der Waals surface area contributed by atoms with Crippen molar-refractivity contribution < 1.29 is 0 Å². The molecule has 2 aromatic rings. The van der Waals surface area contributed by atoms with Crippen LogP contribution in [0.5, 0.6) is 0 Å². The number of hydrogen-bond acceptors (Lipinski definition) is 2. The fourth-order valence-corrected chi connectivity index (χ4v) is 4.76. The maximum atomic E-state index is 4.76. The molecule has 2 atom stereocenters. The Morgan fingerprint density at radius 1 is 0.667 bits per heavy atom. The van der Waals surface area contributed by atoms with E-state index >= 15 is 0 Å². The number of aliphatic imine (C=N–C) groups is 2. The Kier molecular flexibility index (Phi) is 9.16. The molecule has 0 saturated heterocycles. The first-order chi connectivity index (χ1) is 16.0. The Labute approximate surface area is 202 Å². The van der Waals surface area contributed by atoms with Crippen molar-refractivity contribution in [1.82, 2.24) is 0 Å². The van der Waals surface area contributed by atoms with Gasteiger partial charge in [-0.2, -0.15) is 0 Å². The maximum Gasteiger partial charge on any atom is 0.102 e. The van der Waals surface area contributed by atoms with Gasteiger partial charge < -0.3 is 0 Å². The van der Waals surface area contributed by atoms with Gasteiger partial charge in [0.1, 0.15) is 6.04 Å². The number of hydrogen-bond donors (Lipinski definition) is 0. The third kappa shape index (κ3) is 4.81. The summed E-state index contributed by atoms with van der Waals surface area (Å²) in [5.74, 6) is 0. The highest BCUT2D eigenvalue weighted by Gasteiger charge is 2.36. The van der Waals surface area contributed by atoms with Crippen LogP contribution in [0.2, 0.25) is 0 Å². The molecule has 0 fully saturated rings. The molecule has 1 aliphatic heterocycles. The number of benzene rings is 2. The summed E-state index contributed by atoms with van der Waals surface area (Å²) in [5, 5.41) is 0. The maximum absolute atomic E-state index is 4.76. The molecule has 0 aromatic heterocycles. The van der Waals surface area contributed by atoms with Crippen LogP contribution < -0.4 is 0 Å².